The number of rotatable bonds is 4. The molecule has 0 unspecified atom stereocenters. The third kappa shape index (κ3) is 4.72. The Morgan fingerprint density at radius 3 is 2.38 bits per heavy atom. The number of carbonyl (C=O) groups excluding carboxylic acids is 3. The fraction of sp³-hybridized carbons (Fsp3) is 0.400. The zero-order valence-electron chi connectivity index (χ0n) is 12.9. The lowest BCUT2D eigenvalue weighted by Gasteiger charge is -2.34. The molecule has 1 aliphatic rings. The van der Waals surface area contributed by atoms with Gasteiger partial charge in [-0.1, -0.05) is 0 Å². The van der Waals surface area contributed by atoms with Crippen LogP contribution in [0.25, 0.3) is 0 Å². The number of urea groups is 1. The van der Waals surface area contributed by atoms with Crippen molar-refractivity contribution in [2.45, 2.75) is 6.42 Å². The van der Waals surface area contributed by atoms with Gasteiger partial charge < -0.3 is 10.6 Å². The van der Waals surface area contributed by atoms with Gasteiger partial charge in [-0.05, 0) is 12.1 Å². The smallest absolute Gasteiger partial charge is 0.318 e. The normalized spacial score (nSPS) is 15.2. The van der Waals surface area contributed by atoms with E-state index in [1.807, 2.05) is 10.2 Å². The van der Waals surface area contributed by atoms with E-state index in [4.69, 9.17) is 5.73 Å². The molecule has 9 heteroatoms. The van der Waals surface area contributed by atoms with Crippen LogP contribution in [0, 0.1) is 11.6 Å². The Balaban J connectivity index is 1.83. The summed E-state index contributed by atoms with van der Waals surface area (Å²) in [7, 11) is 0. The Labute approximate surface area is 137 Å². The molecule has 1 aromatic rings. The number of hydrogen-bond acceptors (Lipinski definition) is 4. The monoisotopic (exact) mass is 340 g/mol. The molecule has 0 spiro atoms. The Morgan fingerprint density at radius 2 is 1.79 bits per heavy atom. The van der Waals surface area contributed by atoms with Gasteiger partial charge in [0.25, 0.3) is 5.91 Å². The molecule has 3 N–H and O–H groups in total. The summed E-state index contributed by atoms with van der Waals surface area (Å²) in [6.45, 7) is 2.18. The highest BCUT2D eigenvalue weighted by Crippen LogP contribution is 2.14. The van der Waals surface area contributed by atoms with Gasteiger partial charge in [0.2, 0.25) is 5.91 Å². The number of halogens is 2. The fourth-order valence-electron chi connectivity index (χ4n) is 2.47. The summed E-state index contributed by atoms with van der Waals surface area (Å²) < 4.78 is 26.6. The summed E-state index contributed by atoms with van der Waals surface area (Å²) in [5.41, 5.74) is 4.69. The highest BCUT2D eigenvalue weighted by atomic mass is 19.1. The Kier molecular flexibility index (Phi) is 5.80. The molecular weight excluding hydrogens is 322 g/mol. The van der Waals surface area contributed by atoms with E-state index < -0.39 is 29.5 Å². The molecule has 0 aromatic heterocycles. The van der Waals surface area contributed by atoms with Gasteiger partial charge in [0.05, 0.1) is 5.56 Å². The van der Waals surface area contributed by atoms with Crippen LogP contribution in [-0.2, 0) is 4.79 Å². The number of hydrogen-bond donors (Lipinski definition) is 2. The first-order chi connectivity index (χ1) is 11.4. The molecule has 0 atom stereocenters. The van der Waals surface area contributed by atoms with E-state index in [9.17, 15) is 23.2 Å². The summed E-state index contributed by atoms with van der Waals surface area (Å²) in [5.74, 6) is -2.57. The molecule has 0 radical (unpaired) electrons. The maximum atomic E-state index is 13.7. The SMILES string of the molecule is NC(=O)NC(=O)CCN1CCN(C(=O)c2ccc(F)cc2F)CC1. The van der Waals surface area contributed by atoms with E-state index in [-0.39, 0.29) is 12.0 Å². The molecule has 0 saturated carbocycles. The summed E-state index contributed by atoms with van der Waals surface area (Å²) in [4.78, 5) is 37.6. The van der Waals surface area contributed by atoms with Crippen molar-refractivity contribution in [2.75, 3.05) is 32.7 Å². The molecule has 1 aromatic carbocycles. The zero-order chi connectivity index (χ0) is 17.7. The van der Waals surface area contributed by atoms with Crippen LogP contribution in [0.5, 0.6) is 0 Å². The van der Waals surface area contributed by atoms with Crippen molar-refractivity contribution in [2.24, 2.45) is 5.73 Å². The quantitative estimate of drug-likeness (QED) is 0.824. The Morgan fingerprint density at radius 1 is 1.12 bits per heavy atom. The highest BCUT2D eigenvalue weighted by Gasteiger charge is 2.24. The molecule has 130 valence electrons. The molecule has 0 aliphatic carbocycles. The lowest BCUT2D eigenvalue weighted by molar-refractivity contribution is -0.120. The van der Waals surface area contributed by atoms with E-state index in [1.165, 1.54) is 4.90 Å². The average molecular weight is 340 g/mol. The second-order valence-corrected chi connectivity index (χ2v) is 5.42. The van der Waals surface area contributed by atoms with E-state index >= 15 is 0 Å². The van der Waals surface area contributed by atoms with Crippen molar-refractivity contribution in [3.05, 3.63) is 35.4 Å². The first kappa shape index (κ1) is 17.8. The van der Waals surface area contributed by atoms with Crippen molar-refractivity contribution in [3.8, 4) is 0 Å². The van der Waals surface area contributed by atoms with Crippen LogP contribution < -0.4 is 11.1 Å². The van der Waals surface area contributed by atoms with Gasteiger partial charge in [-0.3, -0.25) is 19.8 Å². The molecular formula is C15H18F2N4O3. The van der Waals surface area contributed by atoms with Crippen LogP contribution in [0.2, 0.25) is 0 Å². The summed E-state index contributed by atoms with van der Waals surface area (Å²) in [6.07, 6.45) is 0.115. The third-order valence-electron chi connectivity index (χ3n) is 3.74. The van der Waals surface area contributed by atoms with Crippen LogP contribution in [-0.4, -0.2) is 60.4 Å². The number of nitrogens with two attached hydrogens (primary N) is 1. The zero-order valence-corrected chi connectivity index (χ0v) is 12.9. The van der Waals surface area contributed by atoms with Crippen molar-refractivity contribution < 1.29 is 23.2 Å². The highest BCUT2D eigenvalue weighted by molar-refractivity contribution is 5.94. The number of nitrogens with one attached hydrogen (secondary N) is 1. The predicted octanol–water partition coefficient (Wildman–Crippen LogP) is 0.308. The van der Waals surface area contributed by atoms with Gasteiger partial charge >= 0.3 is 6.03 Å². The fourth-order valence-corrected chi connectivity index (χ4v) is 2.47. The van der Waals surface area contributed by atoms with E-state index in [1.54, 1.807) is 0 Å². The Bertz CT molecular complexity index is 646. The molecule has 2 rings (SSSR count). The number of amides is 4. The summed E-state index contributed by atoms with van der Waals surface area (Å²) in [5, 5.41) is 1.98. The van der Waals surface area contributed by atoms with Crippen LogP contribution >= 0.6 is 0 Å². The van der Waals surface area contributed by atoms with Gasteiger partial charge in [-0.2, -0.15) is 0 Å². The van der Waals surface area contributed by atoms with E-state index in [0.29, 0.717) is 38.8 Å². The number of piperazine rings is 1. The third-order valence-corrected chi connectivity index (χ3v) is 3.74. The molecule has 1 saturated heterocycles. The number of benzene rings is 1. The summed E-state index contributed by atoms with van der Waals surface area (Å²) in [6, 6.07) is 1.97. The number of imide groups is 1. The van der Waals surface area contributed by atoms with Crippen molar-refractivity contribution in [3.63, 3.8) is 0 Å². The second kappa shape index (κ2) is 7.82. The predicted molar refractivity (Wildman–Crippen MR) is 81.0 cm³/mol. The standard InChI is InChI=1S/C15H18F2N4O3/c16-10-1-2-11(12(17)9-10)14(23)21-7-5-20(6-8-21)4-3-13(22)19-15(18)24/h1-2,9H,3-8H2,(H3,18,19,22,24). The van der Waals surface area contributed by atoms with Crippen molar-refractivity contribution >= 4 is 17.8 Å². The van der Waals surface area contributed by atoms with E-state index in [0.717, 1.165) is 12.1 Å². The van der Waals surface area contributed by atoms with Crippen molar-refractivity contribution in [1.82, 2.24) is 15.1 Å². The second-order valence-electron chi connectivity index (χ2n) is 5.42. The minimum Gasteiger partial charge on any atom is -0.351 e. The molecule has 1 aliphatic heterocycles. The van der Waals surface area contributed by atoms with Crippen LogP contribution in [0.3, 0.4) is 0 Å². The minimum absolute atomic E-state index is 0.115. The van der Waals surface area contributed by atoms with Crippen LogP contribution in [0.15, 0.2) is 18.2 Å². The molecule has 0 bridgehead atoms. The van der Waals surface area contributed by atoms with Gasteiger partial charge in [-0.25, -0.2) is 13.6 Å². The lowest BCUT2D eigenvalue weighted by atomic mass is 10.1. The molecule has 7 nitrogen and oxygen atoms in total. The molecule has 24 heavy (non-hydrogen) atoms. The maximum Gasteiger partial charge on any atom is 0.318 e. The molecule has 4 amide bonds. The first-order valence-corrected chi connectivity index (χ1v) is 7.43. The number of primary amides is 1. The summed E-state index contributed by atoms with van der Waals surface area (Å²) >= 11 is 0. The maximum absolute atomic E-state index is 13.7. The minimum atomic E-state index is -0.892. The van der Waals surface area contributed by atoms with Gasteiger partial charge in [-0.15, -0.1) is 0 Å². The Hall–Kier alpha value is -2.55. The van der Waals surface area contributed by atoms with Gasteiger partial charge in [0.1, 0.15) is 11.6 Å². The first-order valence-electron chi connectivity index (χ1n) is 7.43. The van der Waals surface area contributed by atoms with Crippen LogP contribution in [0.1, 0.15) is 16.8 Å². The van der Waals surface area contributed by atoms with Crippen LogP contribution in [0.4, 0.5) is 13.6 Å². The largest absolute Gasteiger partial charge is 0.351 e. The lowest BCUT2D eigenvalue weighted by Crippen LogP contribution is -2.49. The van der Waals surface area contributed by atoms with E-state index in [2.05, 4.69) is 0 Å². The average Bonchev–Trinajstić information content (AvgIpc) is 2.52. The number of nitrogens with zero attached hydrogens (tertiary/aromatic N) is 2. The van der Waals surface area contributed by atoms with Gasteiger partial charge in [0.15, 0.2) is 0 Å². The topological polar surface area (TPSA) is 95.7 Å². The molecule has 1 fully saturated rings. The number of carbonyl (C=O) groups is 3. The molecule has 1 heterocycles. The van der Waals surface area contributed by atoms with Crippen molar-refractivity contribution in [1.29, 1.82) is 0 Å². The van der Waals surface area contributed by atoms with Gasteiger partial charge in [0, 0.05) is 45.2 Å².